The summed E-state index contributed by atoms with van der Waals surface area (Å²) in [7, 11) is -1.20. The van der Waals surface area contributed by atoms with Crippen LogP contribution in [-0.4, -0.2) is 45.1 Å². The van der Waals surface area contributed by atoms with Gasteiger partial charge in [-0.1, -0.05) is 6.07 Å². The van der Waals surface area contributed by atoms with Crippen molar-refractivity contribution >= 4 is 43.5 Å². The number of carboxylic acids is 1. The van der Waals surface area contributed by atoms with E-state index in [0.29, 0.717) is 6.54 Å². The molecule has 0 saturated carbocycles. The van der Waals surface area contributed by atoms with E-state index in [0.717, 1.165) is 21.8 Å². The second-order valence-electron chi connectivity index (χ2n) is 4.43. The van der Waals surface area contributed by atoms with Gasteiger partial charge in [0.1, 0.15) is 9.84 Å². The van der Waals surface area contributed by atoms with E-state index < -0.39 is 15.8 Å². The molecule has 0 heterocycles. The zero-order valence-corrected chi connectivity index (χ0v) is 13.6. The lowest BCUT2D eigenvalue weighted by molar-refractivity contribution is -0.131. The Morgan fingerprint density at radius 1 is 1.45 bits per heavy atom. The highest BCUT2D eigenvalue weighted by Crippen LogP contribution is 2.27. The molecule has 0 radical (unpaired) electrons. The highest BCUT2D eigenvalue weighted by Gasteiger charge is 2.09. The molecule has 1 rings (SSSR count). The lowest BCUT2D eigenvalue weighted by Gasteiger charge is -2.20. The van der Waals surface area contributed by atoms with Crippen molar-refractivity contribution < 1.29 is 18.3 Å². The zero-order chi connectivity index (χ0) is 15.3. The summed E-state index contributed by atoms with van der Waals surface area (Å²) in [5.41, 5.74) is 1.60. The Kier molecular flexibility index (Phi) is 5.76. The number of carboxylic acid groups (broad SMARTS) is 1. The van der Waals surface area contributed by atoms with Crippen LogP contribution in [0.5, 0.6) is 0 Å². The Balaban J connectivity index is 2.84. The van der Waals surface area contributed by atoms with Crippen LogP contribution in [0, 0.1) is 0 Å². The molecule has 1 N–H and O–H groups in total. The Morgan fingerprint density at radius 3 is 2.60 bits per heavy atom. The molecule has 0 spiro atoms. The zero-order valence-electron chi connectivity index (χ0n) is 11.2. The van der Waals surface area contributed by atoms with E-state index in [1.165, 1.54) is 12.3 Å². The second kappa shape index (κ2) is 6.90. The molecule has 20 heavy (non-hydrogen) atoms. The standard InChI is InChI=1S/C13H16BrNO4S/c1-15(7-8-20(2,18)19)12-5-3-10(9-11(12)14)4-6-13(16)17/h3-6,9H,7-8H2,1-2H3,(H,16,17)/b6-4+. The summed E-state index contributed by atoms with van der Waals surface area (Å²) in [5, 5.41) is 8.57. The van der Waals surface area contributed by atoms with Gasteiger partial charge in [0.15, 0.2) is 0 Å². The number of anilines is 1. The van der Waals surface area contributed by atoms with E-state index in [1.807, 2.05) is 11.0 Å². The third-order valence-electron chi connectivity index (χ3n) is 2.60. The molecule has 1 aromatic carbocycles. The predicted molar refractivity (Wildman–Crippen MR) is 83.8 cm³/mol. The van der Waals surface area contributed by atoms with Gasteiger partial charge in [-0.2, -0.15) is 0 Å². The monoisotopic (exact) mass is 361 g/mol. The predicted octanol–water partition coefficient (Wildman–Crippen LogP) is 2.03. The van der Waals surface area contributed by atoms with Gasteiger partial charge < -0.3 is 10.0 Å². The average molecular weight is 362 g/mol. The number of nitrogens with zero attached hydrogens (tertiary/aromatic N) is 1. The van der Waals surface area contributed by atoms with Crippen molar-refractivity contribution in [2.75, 3.05) is 30.5 Å². The van der Waals surface area contributed by atoms with Crippen LogP contribution in [0.2, 0.25) is 0 Å². The Morgan fingerprint density at radius 2 is 2.10 bits per heavy atom. The van der Waals surface area contributed by atoms with Crippen LogP contribution >= 0.6 is 15.9 Å². The fourth-order valence-electron chi connectivity index (χ4n) is 1.53. The summed E-state index contributed by atoms with van der Waals surface area (Å²) in [6.45, 7) is 0.391. The highest BCUT2D eigenvalue weighted by molar-refractivity contribution is 9.10. The van der Waals surface area contributed by atoms with Crippen molar-refractivity contribution in [2.24, 2.45) is 0 Å². The van der Waals surface area contributed by atoms with Crippen LogP contribution in [0.3, 0.4) is 0 Å². The number of carbonyl (C=O) groups is 1. The average Bonchev–Trinajstić information content (AvgIpc) is 2.32. The highest BCUT2D eigenvalue weighted by atomic mass is 79.9. The summed E-state index contributed by atoms with van der Waals surface area (Å²) >= 11 is 3.40. The molecule has 0 aliphatic carbocycles. The second-order valence-corrected chi connectivity index (χ2v) is 7.55. The van der Waals surface area contributed by atoms with Crippen LogP contribution in [0.25, 0.3) is 6.08 Å². The van der Waals surface area contributed by atoms with Crippen molar-refractivity contribution in [3.63, 3.8) is 0 Å². The molecule has 5 nitrogen and oxygen atoms in total. The van der Waals surface area contributed by atoms with Crippen molar-refractivity contribution in [3.05, 3.63) is 34.3 Å². The SMILES string of the molecule is CN(CCS(C)(=O)=O)c1ccc(/C=C/C(=O)O)cc1Br. The number of sulfone groups is 1. The third-order valence-corrected chi connectivity index (χ3v) is 4.16. The number of rotatable bonds is 6. The van der Waals surface area contributed by atoms with Crippen LogP contribution in [0.1, 0.15) is 5.56 Å². The Bertz CT molecular complexity index is 625. The van der Waals surface area contributed by atoms with E-state index in [4.69, 9.17) is 5.11 Å². The summed E-state index contributed by atoms with van der Waals surface area (Å²) in [4.78, 5) is 12.3. The van der Waals surface area contributed by atoms with Crippen molar-refractivity contribution in [3.8, 4) is 0 Å². The lowest BCUT2D eigenvalue weighted by Crippen LogP contribution is -2.25. The first-order valence-electron chi connectivity index (χ1n) is 5.78. The van der Waals surface area contributed by atoms with Crippen LogP contribution in [0.15, 0.2) is 28.7 Å². The van der Waals surface area contributed by atoms with E-state index in [2.05, 4.69) is 15.9 Å². The minimum atomic E-state index is -3.00. The lowest BCUT2D eigenvalue weighted by atomic mass is 10.2. The first-order valence-corrected chi connectivity index (χ1v) is 8.64. The first-order chi connectivity index (χ1) is 9.19. The van der Waals surface area contributed by atoms with E-state index >= 15 is 0 Å². The van der Waals surface area contributed by atoms with Gasteiger partial charge in [-0.25, -0.2) is 13.2 Å². The summed E-state index contributed by atoms with van der Waals surface area (Å²) in [6.07, 6.45) is 3.76. The molecule has 0 atom stereocenters. The van der Waals surface area contributed by atoms with Crippen LogP contribution < -0.4 is 4.90 Å². The quantitative estimate of drug-likeness (QED) is 0.784. The molecule has 0 saturated heterocycles. The molecule has 0 unspecified atom stereocenters. The molecule has 0 bridgehead atoms. The molecule has 0 aliphatic heterocycles. The number of hydrogen-bond acceptors (Lipinski definition) is 4. The van der Waals surface area contributed by atoms with Gasteiger partial charge in [0.2, 0.25) is 0 Å². The Hall–Kier alpha value is -1.34. The summed E-state index contributed by atoms with van der Waals surface area (Å²) in [6, 6.07) is 5.37. The molecule has 0 amide bonds. The van der Waals surface area contributed by atoms with Gasteiger partial charge in [0.05, 0.1) is 11.4 Å². The molecule has 0 fully saturated rings. The molecule has 0 aromatic heterocycles. The normalized spacial score (nSPS) is 11.8. The maximum atomic E-state index is 11.2. The molecule has 110 valence electrons. The molecule has 7 heteroatoms. The van der Waals surface area contributed by atoms with Gasteiger partial charge in [0, 0.05) is 30.4 Å². The largest absolute Gasteiger partial charge is 0.478 e. The fraction of sp³-hybridized carbons (Fsp3) is 0.308. The third kappa shape index (κ3) is 5.75. The van der Waals surface area contributed by atoms with Crippen molar-refractivity contribution in [2.45, 2.75) is 0 Å². The maximum absolute atomic E-state index is 11.2. The van der Waals surface area contributed by atoms with Gasteiger partial charge in [-0.15, -0.1) is 0 Å². The van der Waals surface area contributed by atoms with Gasteiger partial charge >= 0.3 is 5.97 Å². The van der Waals surface area contributed by atoms with Crippen molar-refractivity contribution in [1.82, 2.24) is 0 Å². The smallest absolute Gasteiger partial charge is 0.328 e. The van der Waals surface area contributed by atoms with Crippen molar-refractivity contribution in [1.29, 1.82) is 0 Å². The molecule has 1 aromatic rings. The summed E-state index contributed by atoms with van der Waals surface area (Å²) in [5.74, 6) is -0.924. The first kappa shape index (κ1) is 16.7. The Labute approximate surface area is 127 Å². The van der Waals surface area contributed by atoms with Crippen LogP contribution in [0.4, 0.5) is 5.69 Å². The number of hydrogen-bond donors (Lipinski definition) is 1. The van der Waals surface area contributed by atoms with Crippen LogP contribution in [-0.2, 0) is 14.6 Å². The molecule has 0 aliphatic rings. The number of benzene rings is 1. The van der Waals surface area contributed by atoms with Gasteiger partial charge in [-0.3, -0.25) is 0 Å². The molecular formula is C13H16BrNO4S. The number of aliphatic carboxylic acids is 1. The number of halogens is 1. The van der Waals surface area contributed by atoms with E-state index in [-0.39, 0.29) is 5.75 Å². The van der Waals surface area contributed by atoms with E-state index in [1.54, 1.807) is 19.2 Å². The minimum Gasteiger partial charge on any atom is -0.478 e. The summed E-state index contributed by atoms with van der Waals surface area (Å²) < 4.78 is 23.1. The van der Waals surface area contributed by atoms with Gasteiger partial charge in [0.25, 0.3) is 0 Å². The van der Waals surface area contributed by atoms with Gasteiger partial charge in [-0.05, 0) is 39.7 Å². The fourth-order valence-corrected chi connectivity index (χ4v) is 2.83. The topological polar surface area (TPSA) is 74.7 Å². The minimum absolute atomic E-state index is 0.0800. The molecular weight excluding hydrogens is 346 g/mol. The maximum Gasteiger partial charge on any atom is 0.328 e. The van der Waals surface area contributed by atoms with E-state index in [9.17, 15) is 13.2 Å².